The monoisotopic (exact) mass is 285 g/mol. The van der Waals surface area contributed by atoms with E-state index >= 15 is 0 Å². The van der Waals surface area contributed by atoms with Gasteiger partial charge in [-0.1, -0.05) is 13.8 Å². The highest BCUT2D eigenvalue weighted by atomic mass is 32.2. The van der Waals surface area contributed by atoms with E-state index in [1.54, 1.807) is 11.8 Å². The van der Waals surface area contributed by atoms with Crippen molar-refractivity contribution in [3.05, 3.63) is 11.1 Å². The lowest BCUT2D eigenvalue weighted by Gasteiger charge is -2.36. The fourth-order valence-electron chi connectivity index (χ4n) is 1.87. The van der Waals surface area contributed by atoms with Gasteiger partial charge in [-0.25, -0.2) is 5.43 Å². The van der Waals surface area contributed by atoms with Gasteiger partial charge in [0.1, 0.15) is 0 Å². The fourth-order valence-corrected chi connectivity index (χ4v) is 2.75. The summed E-state index contributed by atoms with van der Waals surface area (Å²) >= 11 is 1.64. The summed E-state index contributed by atoms with van der Waals surface area (Å²) in [5.74, 6) is -0.196. The maximum Gasteiger partial charge on any atom is 0.260 e. The topological polar surface area (TPSA) is 52.7 Å². The number of amides is 2. The second kappa shape index (κ2) is 7.43. The normalized spacial score (nSPS) is 18.2. The van der Waals surface area contributed by atoms with Gasteiger partial charge in [-0.05, 0) is 32.1 Å². The molecule has 0 bridgehead atoms. The average molecular weight is 285 g/mol. The van der Waals surface area contributed by atoms with E-state index in [9.17, 15) is 9.59 Å². The van der Waals surface area contributed by atoms with Crippen molar-refractivity contribution >= 4 is 23.6 Å². The van der Waals surface area contributed by atoms with Gasteiger partial charge in [-0.2, -0.15) is 5.12 Å². The summed E-state index contributed by atoms with van der Waals surface area (Å²) in [6, 6.07) is 0. The number of rotatable bonds is 5. The van der Waals surface area contributed by atoms with Crippen LogP contribution >= 0.6 is 11.8 Å². The van der Waals surface area contributed by atoms with E-state index in [2.05, 4.69) is 5.43 Å². The molecule has 19 heavy (non-hydrogen) atoms. The molecule has 1 aliphatic rings. The zero-order valence-electron chi connectivity index (χ0n) is 12.1. The Hall–Kier alpha value is -1.17. The van der Waals surface area contributed by atoms with Crippen LogP contribution in [-0.4, -0.2) is 27.3 Å². The third-order valence-corrected chi connectivity index (χ3v) is 3.84. The van der Waals surface area contributed by atoms with Gasteiger partial charge in [0.15, 0.2) is 0 Å². The molecule has 2 amide bonds. The molecule has 0 radical (unpaired) electrons. The quantitative estimate of drug-likeness (QED) is 0.789. The highest BCUT2D eigenvalue weighted by Gasteiger charge is 2.30. The molecule has 1 unspecified atom stereocenters. The van der Waals surface area contributed by atoms with Crippen LogP contribution in [0.5, 0.6) is 0 Å². The summed E-state index contributed by atoms with van der Waals surface area (Å²) < 4.78 is 0. The maximum atomic E-state index is 12.2. The summed E-state index contributed by atoms with van der Waals surface area (Å²) in [5.41, 5.74) is 3.69. The number of carbonyl (C=O) groups excluding carboxylic acids is 2. The minimum atomic E-state index is -0.121. The molecule has 0 aromatic heterocycles. The second-order valence-corrected chi connectivity index (χ2v) is 5.77. The number of carbonyl (C=O) groups is 2. The molecule has 1 rings (SSSR count). The number of hydrazine groups is 2. The first-order chi connectivity index (χ1) is 9.01. The molecule has 0 saturated heterocycles. The van der Waals surface area contributed by atoms with Gasteiger partial charge in [-0.15, -0.1) is 11.8 Å². The van der Waals surface area contributed by atoms with E-state index in [4.69, 9.17) is 0 Å². The Morgan fingerprint density at radius 2 is 2.00 bits per heavy atom. The molecule has 0 fully saturated rings. The van der Waals surface area contributed by atoms with Gasteiger partial charge in [0, 0.05) is 18.5 Å². The third kappa shape index (κ3) is 4.16. The molecule has 1 atom stereocenters. The van der Waals surface area contributed by atoms with Crippen LogP contribution < -0.4 is 5.43 Å². The van der Waals surface area contributed by atoms with Crippen molar-refractivity contribution in [3.63, 3.8) is 0 Å². The molecule has 0 saturated carbocycles. The van der Waals surface area contributed by atoms with Crippen LogP contribution in [0.1, 0.15) is 53.4 Å². The molecule has 0 aliphatic carbocycles. The Morgan fingerprint density at radius 3 is 2.47 bits per heavy atom. The van der Waals surface area contributed by atoms with Gasteiger partial charge in [0.25, 0.3) is 5.91 Å². The first-order valence-corrected chi connectivity index (χ1v) is 7.69. The van der Waals surface area contributed by atoms with E-state index in [0.717, 1.165) is 18.5 Å². The average Bonchev–Trinajstić information content (AvgIpc) is 2.67. The zero-order chi connectivity index (χ0) is 14.4. The van der Waals surface area contributed by atoms with Gasteiger partial charge in [0.05, 0.1) is 5.37 Å². The largest absolute Gasteiger partial charge is 0.273 e. The van der Waals surface area contributed by atoms with E-state index < -0.39 is 0 Å². The molecular formula is C13H23N3O2S. The van der Waals surface area contributed by atoms with Crippen molar-refractivity contribution in [2.24, 2.45) is 0 Å². The molecule has 5 nitrogen and oxygen atoms in total. The summed E-state index contributed by atoms with van der Waals surface area (Å²) in [7, 11) is 0. The first-order valence-electron chi connectivity index (χ1n) is 6.75. The molecule has 0 aromatic carbocycles. The minimum Gasteiger partial charge on any atom is -0.273 e. The van der Waals surface area contributed by atoms with Crippen LogP contribution in [-0.2, 0) is 9.59 Å². The van der Waals surface area contributed by atoms with Crippen molar-refractivity contribution < 1.29 is 9.59 Å². The number of hydrogen-bond donors (Lipinski definition) is 1. The van der Waals surface area contributed by atoms with E-state index in [1.807, 2.05) is 38.1 Å². The van der Waals surface area contributed by atoms with Gasteiger partial charge in [0.2, 0.25) is 5.91 Å². The second-order valence-electron chi connectivity index (χ2n) is 4.58. The zero-order valence-corrected chi connectivity index (χ0v) is 12.9. The van der Waals surface area contributed by atoms with Crippen molar-refractivity contribution in [2.75, 3.05) is 0 Å². The predicted molar refractivity (Wildman–Crippen MR) is 77.5 cm³/mol. The van der Waals surface area contributed by atoms with E-state index in [1.165, 1.54) is 5.12 Å². The van der Waals surface area contributed by atoms with Crippen LogP contribution in [0.3, 0.4) is 0 Å². The lowest BCUT2D eigenvalue weighted by molar-refractivity contribution is -0.160. The van der Waals surface area contributed by atoms with Crippen LogP contribution in [0.2, 0.25) is 0 Å². The van der Waals surface area contributed by atoms with Crippen molar-refractivity contribution in [2.45, 2.75) is 58.8 Å². The number of nitrogens with one attached hydrogen (secondary N) is 1. The molecular weight excluding hydrogens is 262 g/mol. The number of nitrogens with zero attached hydrogens (tertiary/aromatic N) is 2. The van der Waals surface area contributed by atoms with Crippen LogP contribution in [0.25, 0.3) is 0 Å². The maximum absolute atomic E-state index is 12.2. The fraction of sp³-hybridized carbons (Fsp3) is 0.692. The van der Waals surface area contributed by atoms with Gasteiger partial charge < -0.3 is 0 Å². The molecule has 6 heteroatoms. The Labute approximate surface area is 119 Å². The minimum absolute atomic E-state index is 0.0750. The van der Waals surface area contributed by atoms with Gasteiger partial charge >= 0.3 is 0 Å². The van der Waals surface area contributed by atoms with E-state index in [-0.39, 0.29) is 17.2 Å². The number of hydrogen-bond acceptors (Lipinski definition) is 4. The van der Waals surface area contributed by atoms with Crippen molar-refractivity contribution in [1.82, 2.24) is 15.6 Å². The first kappa shape index (κ1) is 15.9. The number of thioether (sulfide) groups is 1. The molecule has 1 N–H and O–H groups in total. The molecule has 0 aromatic rings. The van der Waals surface area contributed by atoms with Crippen molar-refractivity contribution in [1.29, 1.82) is 0 Å². The Morgan fingerprint density at radius 1 is 1.37 bits per heavy atom. The highest BCUT2D eigenvalue weighted by molar-refractivity contribution is 8.02. The van der Waals surface area contributed by atoms with Crippen molar-refractivity contribution in [3.8, 4) is 0 Å². The smallest absolute Gasteiger partial charge is 0.260 e. The third-order valence-electron chi connectivity index (χ3n) is 2.76. The molecule has 1 heterocycles. The Bertz CT molecular complexity index is 371. The van der Waals surface area contributed by atoms with Crippen LogP contribution in [0, 0.1) is 0 Å². The van der Waals surface area contributed by atoms with Crippen LogP contribution in [0.15, 0.2) is 11.1 Å². The summed E-state index contributed by atoms with van der Waals surface area (Å²) in [6.45, 7) is 7.84. The summed E-state index contributed by atoms with van der Waals surface area (Å²) in [5, 5.41) is 5.35. The Balaban J connectivity index is 2.82. The molecule has 1 aliphatic heterocycles. The molecule has 0 spiro atoms. The Kier molecular flexibility index (Phi) is 6.21. The lowest BCUT2D eigenvalue weighted by Crippen LogP contribution is -2.56. The highest BCUT2D eigenvalue weighted by Crippen LogP contribution is 2.31. The van der Waals surface area contributed by atoms with Crippen LogP contribution in [0.4, 0.5) is 0 Å². The standard InChI is InChI=1S/C13H23N3O2S/c1-5-7-12(17)14-16(13(18)8-6-2)15-10(3)9-19-11(15)4/h9,11H,5-8H2,1-4H3,(H,14,17). The number of allylic oxidation sites excluding steroid dienone is 1. The van der Waals surface area contributed by atoms with Gasteiger partial charge in [-0.3, -0.25) is 14.6 Å². The lowest BCUT2D eigenvalue weighted by atomic mass is 10.3. The van der Waals surface area contributed by atoms with E-state index in [0.29, 0.717) is 12.8 Å². The summed E-state index contributed by atoms with van der Waals surface area (Å²) in [6.07, 6.45) is 2.37. The molecule has 108 valence electrons. The predicted octanol–water partition coefficient (Wildman–Crippen LogP) is 2.62. The summed E-state index contributed by atoms with van der Waals surface area (Å²) in [4.78, 5) is 24.0. The SMILES string of the molecule is CCCC(=O)NN(C(=O)CCC)N1C(C)=CSC1C.